The first kappa shape index (κ1) is 11.9. The van der Waals surface area contributed by atoms with Crippen molar-refractivity contribution in [3.8, 4) is 0 Å². The van der Waals surface area contributed by atoms with Crippen molar-refractivity contribution in [3.05, 3.63) is 52.9 Å². The summed E-state index contributed by atoms with van der Waals surface area (Å²) in [5.74, 6) is 0.709. The Balaban J connectivity index is 1.92. The van der Waals surface area contributed by atoms with Gasteiger partial charge in [0.1, 0.15) is 0 Å². The van der Waals surface area contributed by atoms with E-state index >= 15 is 0 Å². The van der Waals surface area contributed by atoms with E-state index in [9.17, 15) is 0 Å². The molecule has 0 aliphatic rings. The number of hydrogen-bond donors (Lipinski definition) is 1. The van der Waals surface area contributed by atoms with Crippen molar-refractivity contribution in [1.29, 1.82) is 0 Å². The highest BCUT2D eigenvalue weighted by Gasteiger charge is 2.09. The minimum Gasteiger partial charge on any atom is -0.378 e. The average molecular weight is 274 g/mol. The molecule has 2 aromatic heterocycles. The average Bonchev–Trinajstić information content (AvgIpc) is 2.79. The fourth-order valence-electron chi connectivity index (χ4n) is 1.88. The van der Waals surface area contributed by atoms with E-state index in [2.05, 4.69) is 32.7 Å². The van der Waals surface area contributed by atoms with E-state index < -0.39 is 0 Å². The van der Waals surface area contributed by atoms with Gasteiger partial charge in [0.05, 0.1) is 5.69 Å². The summed E-state index contributed by atoms with van der Waals surface area (Å²) in [5, 5.41) is 16.0. The van der Waals surface area contributed by atoms with Gasteiger partial charge < -0.3 is 5.32 Å². The lowest BCUT2D eigenvalue weighted by Crippen LogP contribution is -2.04. The van der Waals surface area contributed by atoms with E-state index in [1.807, 2.05) is 25.1 Å². The highest BCUT2D eigenvalue weighted by molar-refractivity contribution is 6.29. The van der Waals surface area contributed by atoms with Gasteiger partial charge in [-0.1, -0.05) is 41.9 Å². The van der Waals surface area contributed by atoms with Crippen LogP contribution in [0.4, 0.5) is 5.69 Å². The van der Waals surface area contributed by atoms with Crippen molar-refractivity contribution in [3.63, 3.8) is 0 Å². The topological polar surface area (TPSA) is 55.1 Å². The Labute approximate surface area is 115 Å². The summed E-state index contributed by atoms with van der Waals surface area (Å²) >= 11 is 6.01. The van der Waals surface area contributed by atoms with E-state index in [-0.39, 0.29) is 0 Å². The molecular formula is C13H12ClN5. The number of fused-ring (bicyclic) bond motifs is 1. The van der Waals surface area contributed by atoms with Gasteiger partial charge in [0.2, 0.25) is 5.65 Å². The van der Waals surface area contributed by atoms with Crippen molar-refractivity contribution in [1.82, 2.24) is 19.8 Å². The summed E-state index contributed by atoms with van der Waals surface area (Å²) in [7, 11) is 0. The monoisotopic (exact) mass is 273 g/mol. The molecule has 0 radical (unpaired) electrons. The smallest absolute Gasteiger partial charge is 0.201 e. The standard InChI is InChI=1S/C13H12ClN5/c1-9-16-17-13-11(7-12(14)18-19(9)13)15-8-10-5-3-2-4-6-10/h2-7,15H,8H2,1H3. The molecule has 0 saturated carbocycles. The molecule has 1 aromatic carbocycles. The molecule has 96 valence electrons. The molecule has 0 saturated heterocycles. The molecule has 0 fully saturated rings. The van der Waals surface area contributed by atoms with Crippen molar-refractivity contribution in [2.75, 3.05) is 5.32 Å². The number of aryl methyl sites for hydroxylation is 1. The molecule has 0 amide bonds. The predicted molar refractivity (Wildman–Crippen MR) is 74.3 cm³/mol. The summed E-state index contributed by atoms with van der Waals surface area (Å²) in [4.78, 5) is 0. The van der Waals surface area contributed by atoms with E-state index in [1.165, 1.54) is 5.56 Å². The summed E-state index contributed by atoms with van der Waals surface area (Å²) in [6.45, 7) is 2.53. The number of nitrogens with zero attached hydrogens (tertiary/aromatic N) is 4. The van der Waals surface area contributed by atoms with Gasteiger partial charge in [-0.2, -0.15) is 9.61 Å². The van der Waals surface area contributed by atoms with Gasteiger partial charge in [-0.3, -0.25) is 0 Å². The molecule has 6 heteroatoms. The number of aromatic nitrogens is 4. The molecule has 3 aromatic rings. The molecule has 0 spiro atoms. The fourth-order valence-corrected chi connectivity index (χ4v) is 2.06. The Kier molecular flexibility index (Phi) is 3.05. The minimum absolute atomic E-state index is 0.408. The van der Waals surface area contributed by atoms with Crippen LogP contribution in [0.15, 0.2) is 36.4 Å². The van der Waals surface area contributed by atoms with Gasteiger partial charge >= 0.3 is 0 Å². The number of rotatable bonds is 3. The highest BCUT2D eigenvalue weighted by Crippen LogP contribution is 2.19. The number of benzene rings is 1. The number of nitrogens with one attached hydrogen (secondary N) is 1. The summed E-state index contributed by atoms with van der Waals surface area (Å²) in [5.41, 5.74) is 2.69. The zero-order valence-corrected chi connectivity index (χ0v) is 11.1. The van der Waals surface area contributed by atoms with E-state index in [0.717, 1.165) is 5.69 Å². The first-order valence-electron chi connectivity index (χ1n) is 5.90. The molecule has 3 rings (SSSR count). The normalized spacial score (nSPS) is 10.8. The third-order valence-corrected chi connectivity index (χ3v) is 3.01. The second-order valence-corrected chi connectivity index (χ2v) is 4.59. The number of halogens is 1. The Morgan fingerprint density at radius 2 is 2.00 bits per heavy atom. The predicted octanol–water partition coefficient (Wildman–Crippen LogP) is 2.70. The second kappa shape index (κ2) is 4.85. The molecule has 0 bridgehead atoms. The van der Waals surface area contributed by atoms with Crippen LogP contribution < -0.4 is 5.32 Å². The number of hydrogen-bond acceptors (Lipinski definition) is 4. The maximum absolute atomic E-state index is 6.01. The quantitative estimate of drug-likeness (QED) is 0.797. The summed E-state index contributed by atoms with van der Waals surface area (Å²) < 4.78 is 1.63. The molecule has 19 heavy (non-hydrogen) atoms. The zero-order chi connectivity index (χ0) is 13.2. The van der Waals surface area contributed by atoms with E-state index in [1.54, 1.807) is 10.6 Å². The van der Waals surface area contributed by atoms with Crippen LogP contribution in [-0.4, -0.2) is 19.8 Å². The second-order valence-electron chi connectivity index (χ2n) is 4.20. The van der Waals surface area contributed by atoms with Gasteiger partial charge in [0.15, 0.2) is 11.0 Å². The SMILES string of the molecule is Cc1nnc2c(NCc3ccccc3)cc(Cl)nn12. The molecule has 5 nitrogen and oxygen atoms in total. The largest absolute Gasteiger partial charge is 0.378 e. The van der Waals surface area contributed by atoms with Crippen molar-refractivity contribution in [2.45, 2.75) is 13.5 Å². The first-order valence-corrected chi connectivity index (χ1v) is 6.28. The Bertz CT molecular complexity index is 708. The Morgan fingerprint density at radius 3 is 2.79 bits per heavy atom. The van der Waals surface area contributed by atoms with Crippen molar-refractivity contribution < 1.29 is 0 Å². The van der Waals surface area contributed by atoms with Crippen LogP contribution in [0.3, 0.4) is 0 Å². The van der Waals surface area contributed by atoms with Gasteiger partial charge in [0.25, 0.3) is 0 Å². The highest BCUT2D eigenvalue weighted by atomic mass is 35.5. The van der Waals surface area contributed by atoms with Crippen molar-refractivity contribution in [2.24, 2.45) is 0 Å². The van der Waals surface area contributed by atoms with Crippen LogP contribution in [0.2, 0.25) is 5.15 Å². The lowest BCUT2D eigenvalue weighted by atomic mass is 10.2. The maximum atomic E-state index is 6.01. The van der Waals surface area contributed by atoms with Gasteiger partial charge in [-0.05, 0) is 12.5 Å². The van der Waals surface area contributed by atoms with Crippen LogP contribution in [0.1, 0.15) is 11.4 Å². The lowest BCUT2D eigenvalue weighted by molar-refractivity contribution is 0.875. The molecule has 0 unspecified atom stereocenters. The minimum atomic E-state index is 0.408. The first-order chi connectivity index (χ1) is 9.24. The third-order valence-electron chi connectivity index (χ3n) is 2.82. The zero-order valence-electron chi connectivity index (χ0n) is 10.3. The molecule has 0 aliphatic carbocycles. The lowest BCUT2D eigenvalue weighted by Gasteiger charge is -2.07. The van der Waals surface area contributed by atoms with Crippen molar-refractivity contribution >= 4 is 22.9 Å². The van der Waals surface area contributed by atoms with Crippen LogP contribution in [-0.2, 0) is 6.54 Å². The molecule has 2 heterocycles. The van der Waals surface area contributed by atoms with Gasteiger partial charge in [-0.15, -0.1) is 10.2 Å². The maximum Gasteiger partial charge on any atom is 0.201 e. The van der Waals surface area contributed by atoms with Gasteiger partial charge in [0, 0.05) is 12.6 Å². The summed E-state index contributed by atoms with van der Waals surface area (Å²) in [6, 6.07) is 11.9. The van der Waals surface area contributed by atoms with Crippen LogP contribution >= 0.6 is 11.6 Å². The number of anilines is 1. The Morgan fingerprint density at radius 1 is 1.21 bits per heavy atom. The Hall–Kier alpha value is -2.14. The molecule has 0 aliphatic heterocycles. The van der Waals surface area contributed by atoms with Crippen LogP contribution in [0.5, 0.6) is 0 Å². The fraction of sp³-hybridized carbons (Fsp3) is 0.154. The van der Waals surface area contributed by atoms with E-state index in [0.29, 0.717) is 23.2 Å². The van der Waals surface area contributed by atoms with Crippen LogP contribution in [0.25, 0.3) is 5.65 Å². The third kappa shape index (κ3) is 2.37. The molecule has 0 atom stereocenters. The van der Waals surface area contributed by atoms with Gasteiger partial charge in [-0.25, -0.2) is 0 Å². The van der Waals surface area contributed by atoms with E-state index in [4.69, 9.17) is 11.6 Å². The molecular weight excluding hydrogens is 262 g/mol. The summed E-state index contributed by atoms with van der Waals surface area (Å²) in [6.07, 6.45) is 0. The van der Waals surface area contributed by atoms with Crippen LogP contribution in [0, 0.1) is 6.92 Å². The molecule has 1 N–H and O–H groups in total.